The van der Waals surface area contributed by atoms with Gasteiger partial charge < -0.3 is 19.9 Å². The van der Waals surface area contributed by atoms with Crippen LogP contribution in [0.15, 0.2) is 24.3 Å². The number of β-amino-alcohol motifs (C(OH)–C–C–N with tert-alkyl or cyclic N) is 1. The van der Waals surface area contributed by atoms with Crippen LogP contribution in [0.2, 0.25) is 0 Å². The minimum atomic E-state index is -0.695. The van der Waals surface area contributed by atoms with Gasteiger partial charge in [0.1, 0.15) is 12.7 Å². The highest BCUT2D eigenvalue weighted by Crippen LogP contribution is 2.24. The Labute approximate surface area is 118 Å². The SMILES string of the molecule is CC1OCCC1(C)NCC(O)COc1ccccc1F. The first-order chi connectivity index (χ1) is 9.51. The fourth-order valence-electron chi connectivity index (χ4n) is 2.22. The van der Waals surface area contributed by atoms with Gasteiger partial charge in [0.15, 0.2) is 11.6 Å². The summed E-state index contributed by atoms with van der Waals surface area (Å²) in [4.78, 5) is 0. The van der Waals surface area contributed by atoms with Gasteiger partial charge in [0.25, 0.3) is 0 Å². The summed E-state index contributed by atoms with van der Waals surface area (Å²) in [5, 5.41) is 13.2. The van der Waals surface area contributed by atoms with Crippen LogP contribution in [0.3, 0.4) is 0 Å². The van der Waals surface area contributed by atoms with Crippen LogP contribution in [0.25, 0.3) is 0 Å². The highest BCUT2D eigenvalue weighted by atomic mass is 19.1. The second-order valence-electron chi connectivity index (χ2n) is 5.46. The fourth-order valence-corrected chi connectivity index (χ4v) is 2.22. The van der Waals surface area contributed by atoms with E-state index in [2.05, 4.69) is 12.2 Å². The third kappa shape index (κ3) is 3.69. The number of benzene rings is 1. The number of nitrogens with one attached hydrogen (secondary N) is 1. The molecular weight excluding hydrogens is 261 g/mol. The van der Waals surface area contributed by atoms with Crippen molar-refractivity contribution in [3.05, 3.63) is 30.1 Å². The van der Waals surface area contributed by atoms with E-state index in [1.807, 2.05) is 6.92 Å². The first-order valence-corrected chi connectivity index (χ1v) is 6.93. The Balaban J connectivity index is 1.76. The van der Waals surface area contributed by atoms with Crippen molar-refractivity contribution in [1.82, 2.24) is 5.32 Å². The lowest BCUT2D eigenvalue weighted by Crippen LogP contribution is -2.51. The average Bonchev–Trinajstić information content (AvgIpc) is 2.76. The molecule has 2 rings (SSSR count). The molecule has 1 aliphatic heterocycles. The molecule has 3 unspecified atom stereocenters. The number of aliphatic hydroxyl groups is 1. The molecule has 0 spiro atoms. The topological polar surface area (TPSA) is 50.7 Å². The summed E-state index contributed by atoms with van der Waals surface area (Å²) in [7, 11) is 0. The Morgan fingerprint density at radius 3 is 2.95 bits per heavy atom. The van der Waals surface area contributed by atoms with E-state index in [0.717, 1.165) is 13.0 Å². The van der Waals surface area contributed by atoms with Crippen LogP contribution in [0.5, 0.6) is 5.75 Å². The van der Waals surface area contributed by atoms with Gasteiger partial charge in [-0.3, -0.25) is 0 Å². The summed E-state index contributed by atoms with van der Waals surface area (Å²) in [6, 6.07) is 6.17. The zero-order valence-corrected chi connectivity index (χ0v) is 11.9. The van der Waals surface area contributed by atoms with Gasteiger partial charge in [-0.05, 0) is 32.4 Å². The Morgan fingerprint density at radius 1 is 1.55 bits per heavy atom. The molecule has 1 aliphatic rings. The molecule has 20 heavy (non-hydrogen) atoms. The first-order valence-electron chi connectivity index (χ1n) is 6.93. The quantitative estimate of drug-likeness (QED) is 0.834. The minimum Gasteiger partial charge on any atom is -0.488 e. The number of ether oxygens (including phenoxy) is 2. The Kier molecular flexibility index (Phi) is 4.96. The van der Waals surface area contributed by atoms with Gasteiger partial charge in [0.2, 0.25) is 0 Å². The maximum atomic E-state index is 13.3. The number of hydrogen-bond acceptors (Lipinski definition) is 4. The number of hydrogen-bond donors (Lipinski definition) is 2. The largest absolute Gasteiger partial charge is 0.488 e. The first kappa shape index (κ1) is 15.2. The summed E-state index contributed by atoms with van der Waals surface area (Å²) in [5.41, 5.74) is -0.126. The van der Waals surface area contributed by atoms with Gasteiger partial charge in [0, 0.05) is 18.7 Å². The van der Waals surface area contributed by atoms with Crippen LogP contribution in [0, 0.1) is 5.82 Å². The van der Waals surface area contributed by atoms with E-state index in [1.165, 1.54) is 6.07 Å². The molecule has 112 valence electrons. The van der Waals surface area contributed by atoms with E-state index in [0.29, 0.717) is 6.54 Å². The van der Waals surface area contributed by atoms with Gasteiger partial charge in [-0.15, -0.1) is 0 Å². The van der Waals surface area contributed by atoms with Crippen molar-refractivity contribution in [2.75, 3.05) is 19.8 Å². The van der Waals surface area contributed by atoms with Crippen molar-refractivity contribution < 1.29 is 19.0 Å². The van der Waals surface area contributed by atoms with E-state index in [1.54, 1.807) is 18.2 Å². The van der Waals surface area contributed by atoms with Gasteiger partial charge in [-0.25, -0.2) is 4.39 Å². The molecule has 1 aromatic rings. The molecule has 1 aromatic carbocycles. The molecule has 1 fully saturated rings. The van der Waals surface area contributed by atoms with Crippen LogP contribution in [-0.2, 0) is 4.74 Å². The highest BCUT2D eigenvalue weighted by Gasteiger charge is 2.36. The van der Waals surface area contributed by atoms with Gasteiger partial charge in [0.05, 0.1) is 6.10 Å². The summed E-state index contributed by atoms with van der Waals surface area (Å²) < 4.78 is 24.1. The molecule has 1 saturated heterocycles. The van der Waals surface area contributed by atoms with Crippen molar-refractivity contribution in [2.24, 2.45) is 0 Å². The molecule has 0 radical (unpaired) electrons. The smallest absolute Gasteiger partial charge is 0.165 e. The monoisotopic (exact) mass is 283 g/mol. The van der Waals surface area contributed by atoms with Crippen LogP contribution in [0.1, 0.15) is 20.3 Å². The molecule has 0 saturated carbocycles. The lowest BCUT2D eigenvalue weighted by atomic mass is 9.94. The van der Waals surface area contributed by atoms with Crippen molar-refractivity contribution in [3.8, 4) is 5.75 Å². The Bertz CT molecular complexity index is 443. The van der Waals surface area contributed by atoms with Crippen molar-refractivity contribution in [1.29, 1.82) is 0 Å². The standard InChI is InChI=1S/C15H22FNO3/c1-11-15(2,7-8-19-11)17-9-12(18)10-20-14-6-4-3-5-13(14)16/h3-6,11-12,17-18H,7-10H2,1-2H3. The highest BCUT2D eigenvalue weighted by molar-refractivity contribution is 5.23. The van der Waals surface area contributed by atoms with E-state index >= 15 is 0 Å². The zero-order valence-electron chi connectivity index (χ0n) is 11.9. The number of para-hydroxylation sites is 1. The summed E-state index contributed by atoms with van der Waals surface area (Å²) in [5.74, 6) is -0.257. The van der Waals surface area contributed by atoms with Gasteiger partial charge in [-0.2, -0.15) is 0 Å². The second kappa shape index (κ2) is 6.52. The van der Waals surface area contributed by atoms with Crippen LogP contribution < -0.4 is 10.1 Å². The predicted octanol–water partition coefficient (Wildman–Crippen LogP) is 1.72. The Hall–Kier alpha value is -1.17. The van der Waals surface area contributed by atoms with Crippen molar-refractivity contribution in [2.45, 2.75) is 38.0 Å². The molecule has 5 heteroatoms. The number of rotatable bonds is 6. The molecule has 3 atom stereocenters. The summed E-state index contributed by atoms with van der Waals surface area (Å²) in [6.07, 6.45) is 0.330. The van der Waals surface area contributed by atoms with Gasteiger partial charge >= 0.3 is 0 Å². The van der Waals surface area contributed by atoms with E-state index in [9.17, 15) is 9.50 Å². The number of aliphatic hydroxyl groups excluding tert-OH is 1. The van der Waals surface area contributed by atoms with Gasteiger partial charge in [-0.1, -0.05) is 12.1 Å². The maximum absolute atomic E-state index is 13.3. The molecule has 0 amide bonds. The lowest BCUT2D eigenvalue weighted by molar-refractivity contribution is 0.0680. The predicted molar refractivity (Wildman–Crippen MR) is 74.3 cm³/mol. The summed E-state index contributed by atoms with van der Waals surface area (Å²) >= 11 is 0. The molecule has 0 aliphatic carbocycles. The van der Waals surface area contributed by atoms with E-state index < -0.39 is 11.9 Å². The molecular formula is C15H22FNO3. The molecule has 4 nitrogen and oxygen atoms in total. The third-order valence-corrected chi connectivity index (χ3v) is 3.90. The van der Waals surface area contributed by atoms with E-state index in [4.69, 9.17) is 9.47 Å². The molecule has 2 N–H and O–H groups in total. The molecule has 1 heterocycles. The third-order valence-electron chi connectivity index (χ3n) is 3.90. The number of halogens is 1. The Morgan fingerprint density at radius 2 is 2.30 bits per heavy atom. The van der Waals surface area contributed by atoms with E-state index in [-0.39, 0.29) is 24.0 Å². The van der Waals surface area contributed by atoms with Crippen LogP contribution >= 0.6 is 0 Å². The van der Waals surface area contributed by atoms with Crippen molar-refractivity contribution in [3.63, 3.8) is 0 Å². The zero-order chi connectivity index (χ0) is 14.6. The van der Waals surface area contributed by atoms with Crippen molar-refractivity contribution >= 4 is 0 Å². The lowest BCUT2D eigenvalue weighted by Gasteiger charge is -2.30. The van der Waals surface area contributed by atoms with Crippen LogP contribution in [0.4, 0.5) is 4.39 Å². The fraction of sp³-hybridized carbons (Fsp3) is 0.600. The summed E-state index contributed by atoms with van der Waals surface area (Å²) in [6.45, 7) is 5.27. The second-order valence-corrected chi connectivity index (χ2v) is 5.46. The molecule has 0 aromatic heterocycles. The molecule has 0 bridgehead atoms. The maximum Gasteiger partial charge on any atom is 0.165 e. The normalized spacial score (nSPS) is 27.5. The average molecular weight is 283 g/mol. The van der Waals surface area contributed by atoms with Crippen LogP contribution in [-0.4, -0.2) is 42.6 Å². The minimum absolute atomic E-state index is 0.0548.